The predicted octanol–water partition coefficient (Wildman–Crippen LogP) is 4.06. The molecule has 0 radical (unpaired) electrons. The van der Waals surface area contributed by atoms with Crippen molar-refractivity contribution in [3.63, 3.8) is 0 Å². The fraction of sp³-hybridized carbons (Fsp3) is 0.316. The monoisotopic (exact) mass is 404 g/mol. The summed E-state index contributed by atoms with van der Waals surface area (Å²) in [5.41, 5.74) is 1.60. The van der Waals surface area contributed by atoms with Crippen molar-refractivity contribution in [2.45, 2.75) is 18.9 Å². The van der Waals surface area contributed by atoms with Gasteiger partial charge in [0, 0.05) is 28.5 Å². The van der Waals surface area contributed by atoms with Gasteiger partial charge in [-0.3, -0.25) is 4.79 Å². The van der Waals surface area contributed by atoms with Crippen LogP contribution < -0.4 is 15.4 Å². The topological polar surface area (TPSA) is 59.6 Å². The van der Waals surface area contributed by atoms with Gasteiger partial charge in [0.2, 0.25) is 5.91 Å². The number of benzene rings is 2. The Kier molecular flexibility index (Phi) is 6.30. The van der Waals surface area contributed by atoms with E-state index in [1.807, 2.05) is 48.5 Å². The Hall–Kier alpha value is -2.05. The van der Waals surface area contributed by atoms with Crippen LogP contribution in [0.3, 0.4) is 0 Å². The fourth-order valence-electron chi connectivity index (χ4n) is 2.61. The quantitative estimate of drug-likeness (QED) is 0.730. The standard InChI is InChI=1S/C19H21BrN2O3/c20-14-4-1-6-16(10-14)22-19(23)12-21-15-5-2-7-17(11-15)25-13-18-8-3-9-24-18/h1-2,4-7,10-11,18,21H,3,8-9,12-13H2,(H,22,23). The van der Waals surface area contributed by atoms with Crippen LogP contribution in [0.25, 0.3) is 0 Å². The number of hydrogen-bond donors (Lipinski definition) is 2. The van der Waals surface area contributed by atoms with Gasteiger partial charge in [-0.25, -0.2) is 0 Å². The highest BCUT2D eigenvalue weighted by atomic mass is 79.9. The van der Waals surface area contributed by atoms with E-state index in [1.165, 1.54) is 0 Å². The molecule has 132 valence electrons. The van der Waals surface area contributed by atoms with Crippen molar-refractivity contribution in [2.75, 3.05) is 30.4 Å². The third-order valence-corrected chi connectivity index (χ3v) is 4.35. The lowest BCUT2D eigenvalue weighted by molar-refractivity contribution is -0.114. The van der Waals surface area contributed by atoms with Crippen LogP contribution in [-0.4, -0.2) is 31.8 Å². The van der Waals surface area contributed by atoms with Crippen molar-refractivity contribution in [2.24, 2.45) is 0 Å². The third kappa shape index (κ3) is 5.76. The summed E-state index contributed by atoms with van der Waals surface area (Å²) in [6, 6.07) is 15.1. The molecule has 0 aromatic heterocycles. The summed E-state index contributed by atoms with van der Waals surface area (Å²) in [5.74, 6) is 0.664. The number of halogens is 1. The summed E-state index contributed by atoms with van der Waals surface area (Å²) in [4.78, 5) is 12.0. The van der Waals surface area contributed by atoms with Crippen LogP contribution in [0, 0.1) is 0 Å². The molecule has 1 unspecified atom stereocenters. The lowest BCUT2D eigenvalue weighted by atomic mass is 10.2. The molecule has 3 rings (SSSR count). The van der Waals surface area contributed by atoms with Crippen molar-refractivity contribution in [3.8, 4) is 5.75 Å². The molecule has 25 heavy (non-hydrogen) atoms. The number of anilines is 2. The van der Waals surface area contributed by atoms with E-state index in [9.17, 15) is 4.79 Å². The largest absolute Gasteiger partial charge is 0.491 e. The molecule has 1 atom stereocenters. The number of rotatable bonds is 7. The van der Waals surface area contributed by atoms with E-state index < -0.39 is 0 Å². The summed E-state index contributed by atoms with van der Waals surface area (Å²) in [6.45, 7) is 1.57. The molecular weight excluding hydrogens is 384 g/mol. The number of carbonyl (C=O) groups is 1. The zero-order chi connectivity index (χ0) is 17.5. The molecule has 1 amide bonds. The summed E-state index contributed by atoms with van der Waals surface area (Å²) in [6.07, 6.45) is 2.34. The summed E-state index contributed by atoms with van der Waals surface area (Å²) in [5, 5.41) is 5.96. The Bertz CT molecular complexity index is 717. The number of carbonyl (C=O) groups excluding carboxylic acids is 1. The first-order valence-corrected chi connectivity index (χ1v) is 9.12. The third-order valence-electron chi connectivity index (χ3n) is 3.86. The molecule has 1 aliphatic heterocycles. The molecule has 1 fully saturated rings. The van der Waals surface area contributed by atoms with Crippen LogP contribution >= 0.6 is 15.9 Å². The van der Waals surface area contributed by atoms with Gasteiger partial charge in [-0.15, -0.1) is 0 Å². The maximum atomic E-state index is 12.0. The van der Waals surface area contributed by atoms with Gasteiger partial charge in [-0.2, -0.15) is 0 Å². The Morgan fingerprint density at radius 3 is 2.84 bits per heavy atom. The highest BCUT2D eigenvalue weighted by molar-refractivity contribution is 9.10. The SMILES string of the molecule is O=C(CNc1cccc(OCC2CCCO2)c1)Nc1cccc(Br)c1. The highest BCUT2D eigenvalue weighted by Gasteiger charge is 2.16. The Labute approximate surface area is 155 Å². The Balaban J connectivity index is 1.47. The Morgan fingerprint density at radius 2 is 2.04 bits per heavy atom. The van der Waals surface area contributed by atoms with Crippen molar-refractivity contribution < 1.29 is 14.3 Å². The lowest BCUT2D eigenvalue weighted by Gasteiger charge is -2.13. The minimum Gasteiger partial charge on any atom is -0.491 e. The maximum absolute atomic E-state index is 12.0. The zero-order valence-corrected chi connectivity index (χ0v) is 15.4. The van der Waals surface area contributed by atoms with Crippen LogP contribution in [0.1, 0.15) is 12.8 Å². The van der Waals surface area contributed by atoms with E-state index >= 15 is 0 Å². The molecule has 1 heterocycles. The van der Waals surface area contributed by atoms with E-state index in [0.29, 0.717) is 6.61 Å². The number of hydrogen-bond acceptors (Lipinski definition) is 4. The molecule has 0 aliphatic carbocycles. The first kappa shape index (κ1) is 17.8. The van der Waals surface area contributed by atoms with Gasteiger partial charge in [0.05, 0.1) is 12.6 Å². The second-order valence-electron chi connectivity index (χ2n) is 5.89. The van der Waals surface area contributed by atoms with Crippen LogP contribution in [0.2, 0.25) is 0 Å². The molecule has 1 aliphatic rings. The van der Waals surface area contributed by atoms with Crippen molar-refractivity contribution in [1.29, 1.82) is 0 Å². The van der Waals surface area contributed by atoms with Gasteiger partial charge in [0.1, 0.15) is 12.4 Å². The molecule has 1 saturated heterocycles. The van der Waals surface area contributed by atoms with Gasteiger partial charge in [0.15, 0.2) is 0 Å². The number of amides is 1. The van der Waals surface area contributed by atoms with Crippen molar-refractivity contribution in [3.05, 3.63) is 53.0 Å². The minimum atomic E-state index is -0.108. The van der Waals surface area contributed by atoms with Crippen LogP contribution in [-0.2, 0) is 9.53 Å². The van der Waals surface area contributed by atoms with E-state index in [2.05, 4.69) is 26.6 Å². The molecule has 0 bridgehead atoms. The van der Waals surface area contributed by atoms with Crippen LogP contribution in [0.15, 0.2) is 53.0 Å². The maximum Gasteiger partial charge on any atom is 0.243 e. The smallest absolute Gasteiger partial charge is 0.243 e. The number of nitrogens with one attached hydrogen (secondary N) is 2. The van der Waals surface area contributed by atoms with Gasteiger partial charge in [-0.1, -0.05) is 28.1 Å². The molecule has 2 aromatic rings. The van der Waals surface area contributed by atoms with Gasteiger partial charge >= 0.3 is 0 Å². The van der Waals surface area contributed by atoms with Crippen LogP contribution in [0.4, 0.5) is 11.4 Å². The highest BCUT2D eigenvalue weighted by Crippen LogP contribution is 2.20. The van der Waals surface area contributed by atoms with E-state index in [-0.39, 0.29) is 18.6 Å². The molecule has 0 saturated carbocycles. The van der Waals surface area contributed by atoms with Crippen molar-refractivity contribution >= 4 is 33.2 Å². The predicted molar refractivity (Wildman–Crippen MR) is 102 cm³/mol. The molecule has 6 heteroatoms. The Morgan fingerprint density at radius 1 is 1.20 bits per heavy atom. The van der Waals surface area contributed by atoms with Crippen LogP contribution in [0.5, 0.6) is 5.75 Å². The molecule has 2 N–H and O–H groups in total. The fourth-order valence-corrected chi connectivity index (χ4v) is 3.01. The molecule has 0 spiro atoms. The second-order valence-corrected chi connectivity index (χ2v) is 6.80. The molecule has 2 aromatic carbocycles. The minimum absolute atomic E-state index is 0.108. The number of ether oxygens (including phenoxy) is 2. The normalized spacial score (nSPS) is 16.4. The van der Waals surface area contributed by atoms with E-state index in [4.69, 9.17) is 9.47 Å². The van der Waals surface area contributed by atoms with E-state index in [0.717, 1.165) is 41.0 Å². The summed E-state index contributed by atoms with van der Waals surface area (Å²) in [7, 11) is 0. The first-order valence-electron chi connectivity index (χ1n) is 8.33. The van der Waals surface area contributed by atoms with Gasteiger partial charge in [-0.05, 0) is 43.2 Å². The first-order chi connectivity index (χ1) is 12.2. The summed E-state index contributed by atoms with van der Waals surface area (Å²) >= 11 is 3.38. The average Bonchev–Trinajstić information content (AvgIpc) is 3.12. The molecular formula is C19H21BrN2O3. The van der Waals surface area contributed by atoms with Gasteiger partial charge < -0.3 is 20.1 Å². The average molecular weight is 405 g/mol. The second kappa shape index (κ2) is 8.87. The van der Waals surface area contributed by atoms with Gasteiger partial charge in [0.25, 0.3) is 0 Å². The van der Waals surface area contributed by atoms with E-state index in [1.54, 1.807) is 0 Å². The summed E-state index contributed by atoms with van der Waals surface area (Å²) < 4.78 is 12.3. The zero-order valence-electron chi connectivity index (χ0n) is 13.8. The lowest BCUT2D eigenvalue weighted by Crippen LogP contribution is -2.21. The van der Waals surface area contributed by atoms with Crippen molar-refractivity contribution in [1.82, 2.24) is 0 Å². The molecule has 5 nitrogen and oxygen atoms in total.